The highest BCUT2D eigenvalue weighted by Crippen LogP contribution is 2.43. The van der Waals surface area contributed by atoms with E-state index >= 15 is 0 Å². The van der Waals surface area contributed by atoms with Crippen molar-refractivity contribution in [2.45, 2.75) is 46.3 Å². The molecule has 3 aromatic rings. The van der Waals surface area contributed by atoms with Crippen molar-refractivity contribution in [2.75, 3.05) is 11.9 Å². The number of hydrogen-bond acceptors (Lipinski definition) is 6. The van der Waals surface area contributed by atoms with Crippen LogP contribution in [-0.2, 0) is 9.53 Å². The van der Waals surface area contributed by atoms with E-state index in [1.165, 1.54) is 31.5 Å². The van der Waals surface area contributed by atoms with Crippen molar-refractivity contribution in [1.29, 1.82) is 0 Å². The van der Waals surface area contributed by atoms with E-state index in [4.69, 9.17) is 9.47 Å². The summed E-state index contributed by atoms with van der Waals surface area (Å²) in [5.74, 6) is -0.887. The number of pyridine rings is 2. The van der Waals surface area contributed by atoms with Gasteiger partial charge in [0.05, 0.1) is 17.5 Å². The number of anilines is 1. The highest BCUT2D eigenvalue weighted by atomic mass is 19.3. The first-order chi connectivity index (χ1) is 16.2. The highest BCUT2D eigenvalue weighted by Gasteiger charge is 2.30. The molecule has 0 bridgehead atoms. The summed E-state index contributed by atoms with van der Waals surface area (Å²) in [7, 11) is 0. The molecule has 0 aliphatic heterocycles. The van der Waals surface area contributed by atoms with Gasteiger partial charge in [0, 0.05) is 36.5 Å². The molecule has 0 spiro atoms. The number of rotatable bonds is 7. The maximum Gasteiger partial charge on any atom is 0.387 e. The Kier molecular flexibility index (Phi) is 6.32. The van der Waals surface area contributed by atoms with Gasteiger partial charge in [0.25, 0.3) is 0 Å². The number of ether oxygens (including phenoxy) is 2. The number of carbonyl (C=O) groups excluding carboxylic acids is 2. The monoisotopic (exact) mass is 471 g/mol. The largest absolute Gasteiger partial charge is 0.462 e. The molecule has 0 radical (unpaired) electrons. The van der Waals surface area contributed by atoms with Gasteiger partial charge < -0.3 is 19.4 Å². The summed E-state index contributed by atoms with van der Waals surface area (Å²) in [5.41, 5.74) is 0.791. The molecule has 1 aliphatic carbocycles. The molecular formula is C24H23F2N3O5. The van der Waals surface area contributed by atoms with Crippen molar-refractivity contribution >= 4 is 28.6 Å². The molecule has 178 valence electrons. The van der Waals surface area contributed by atoms with Gasteiger partial charge in [-0.2, -0.15) is 8.78 Å². The Balaban J connectivity index is 1.98. The molecule has 10 heteroatoms. The molecule has 34 heavy (non-hydrogen) atoms. The lowest BCUT2D eigenvalue weighted by Gasteiger charge is -2.19. The Bertz CT molecular complexity index is 1350. The molecule has 0 saturated heterocycles. The minimum atomic E-state index is -3.15. The average molecular weight is 471 g/mol. The number of halogens is 2. The summed E-state index contributed by atoms with van der Waals surface area (Å²) in [4.78, 5) is 41.1. The fraction of sp³-hybridized carbons (Fsp3) is 0.333. The van der Waals surface area contributed by atoms with Crippen molar-refractivity contribution in [2.24, 2.45) is 0 Å². The third kappa shape index (κ3) is 4.48. The second-order valence-electron chi connectivity index (χ2n) is 8.02. The molecule has 1 aromatic carbocycles. The Labute approximate surface area is 193 Å². The topological polar surface area (TPSA) is 99.5 Å². The summed E-state index contributed by atoms with van der Waals surface area (Å²) >= 11 is 0. The maximum absolute atomic E-state index is 13.5. The molecule has 0 atom stereocenters. The number of amides is 1. The van der Waals surface area contributed by atoms with E-state index in [1.54, 1.807) is 24.5 Å². The molecule has 2 heterocycles. The van der Waals surface area contributed by atoms with Crippen LogP contribution in [0.5, 0.6) is 5.75 Å². The van der Waals surface area contributed by atoms with E-state index in [1.807, 2.05) is 0 Å². The van der Waals surface area contributed by atoms with Crippen LogP contribution in [0.25, 0.3) is 22.0 Å². The van der Waals surface area contributed by atoms with E-state index in [0.29, 0.717) is 22.5 Å². The van der Waals surface area contributed by atoms with Gasteiger partial charge >= 0.3 is 12.6 Å². The number of nitrogens with one attached hydrogen (secondary N) is 1. The van der Waals surface area contributed by atoms with Crippen molar-refractivity contribution in [3.63, 3.8) is 0 Å². The number of hydrogen-bond donors (Lipinski definition) is 1. The van der Waals surface area contributed by atoms with Gasteiger partial charge in [0.1, 0.15) is 11.4 Å². The second-order valence-corrected chi connectivity index (χ2v) is 8.02. The first-order valence-electron chi connectivity index (χ1n) is 10.8. The standard InChI is InChI=1S/C24H23F2N3O5/c1-4-33-23(32)18-11-29(15-5-6-15)19-17(20(18)31)8-7-16(21(19)34-24(25)26)14-9-12(2)22(27-10-14)28-13(3)30/h7-11,15,24H,4-6H2,1-3H3,(H,27,28,30). The first kappa shape index (κ1) is 23.3. The number of aromatic nitrogens is 2. The SMILES string of the molecule is CCOC(=O)c1cn(C2CC2)c2c(OC(F)F)c(-c3cnc(NC(C)=O)c(C)c3)ccc2c1=O. The molecule has 8 nitrogen and oxygen atoms in total. The minimum Gasteiger partial charge on any atom is -0.462 e. The predicted octanol–water partition coefficient (Wildman–Crippen LogP) is 4.44. The van der Waals surface area contributed by atoms with E-state index in [9.17, 15) is 23.2 Å². The summed E-state index contributed by atoms with van der Waals surface area (Å²) in [6.45, 7) is 1.66. The summed E-state index contributed by atoms with van der Waals surface area (Å²) in [5, 5.41) is 2.68. The van der Waals surface area contributed by atoms with Gasteiger partial charge in [0.2, 0.25) is 11.3 Å². The van der Waals surface area contributed by atoms with Crippen molar-refractivity contribution < 1.29 is 27.8 Å². The average Bonchev–Trinajstić information content (AvgIpc) is 3.60. The molecule has 1 fully saturated rings. The zero-order chi connectivity index (χ0) is 24.6. The van der Waals surface area contributed by atoms with Gasteiger partial charge in [-0.05, 0) is 50.5 Å². The number of fused-ring (bicyclic) bond motifs is 1. The number of aryl methyl sites for hydroxylation is 1. The zero-order valence-electron chi connectivity index (χ0n) is 18.9. The van der Waals surface area contributed by atoms with Crippen LogP contribution in [0.4, 0.5) is 14.6 Å². The van der Waals surface area contributed by atoms with Crippen molar-refractivity contribution in [1.82, 2.24) is 9.55 Å². The molecule has 1 amide bonds. The normalized spacial score (nSPS) is 13.2. The number of carbonyl (C=O) groups is 2. The lowest BCUT2D eigenvalue weighted by molar-refractivity contribution is -0.114. The smallest absolute Gasteiger partial charge is 0.387 e. The lowest BCUT2D eigenvalue weighted by Crippen LogP contribution is -2.21. The van der Waals surface area contributed by atoms with Gasteiger partial charge in [0.15, 0.2) is 5.75 Å². The fourth-order valence-electron chi connectivity index (χ4n) is 3.87. The van der Waals surface area contributed by atoms with Crippen molar-refractivity contribution in [3.05, 3.63) is 51.9 Å². The van der Waals surface area contributed by atoms with Crippen LogP contribution in [0.3, 0.4) is 0 Å². The van der Waals surface area contributed by atoms with Gasteiger partial charge in [-0.3, -0.25) is 9.59 Å². The van der Waals surface area contributed by atoms with Gasteiger partial charge in [-0.15, -0.1) is 0 Å². The Hall–Kier alpha value is -3.82. The van der Waals surface area contributed by atoms with E-state index < -0.39 is 18.0 Å². The Morgan fingerprint density at radius 2 is 2.03 bits per heavy atom. The van der Waals surface area contributed by atoms with Crippen LogP contribution in [0.15, 0.2) is 35.4 Å². The third-order valence-corrected chi connectivity index (χ3v) is 5.47. The van der Waals surface area contributed by atoms with Gasteiger partial charge in [-0.25, -0.2) is 9.78 Å². The van der Waals surface area contributed by atoms with Crippen LogP contribution < -0.4 is 15.5 Å². The van der Waals surface area contributed by atoms with E-state index in [0.717, 1.165) is 12.8 Å². The number of esters is 1. The molecular weight excluding hydrogens is 448 g/mol. The zero-order valence-corrected chi connectivity index (χ0v) is 18.9. The maximum atomic E-state index is 13.5. The highest BCUT2D eigenvalue weighted by molar-refractivity contribution is 5.98. The van der Waals surface area contributed by atoms with Crippen LogP contribution in [0, 0.1) is 6.92 Å². The fourth-order valence-corrected chi connectivity index (χ4v) is 3.87. The summed E-state index contributed by atoms with van der Waals surface area (Å²) in [6.07, 6.45) is 4.34. The van der Waals surface area contributed by atoms with E-state index in [2.05, 4.69) is 10.3 Å². The molecule has 2 aromatic heterocycles. The number of benzene rings is 1. The molecule has 1 N–H and O–H groups in total. The summed E-state index contributed by atoms with van der Waals surface area (Å²) < 4.78 is 38.7. The van der Waals surface area contributed by atoms with Crippen LogP contribution in [-0.4, -0.2) is 34.6 Å². The number of alkyl halides is 2. The second kappa shape index (κ2) is 9.20. The Morgan fingerprint density at radius 1 is 1.29 bits per heavy atom. The van der Waals surface area contributed by atoms with E-state index in [-0.39, 0.29) is 40.8 Å². The Morgan fingerprint density at radius 3 is 2.62 bits per heavy atom. The molecule has 1 saturated carbocycles. The molecule has 1 aliphatic rings. The van der Waals surface area contributed by atoms with Crippen LogP contribution in [0.1, 0.15) is 48.7 Å². The van der Waals surface area contributed by atoms with Crippen LogP contribution in [0.2, 0.25) is 0 Å². The first-order valence-corrected chi connectivity index (χ1v) is 10.8. The predicted molar refractivity (Wildman–Crippen MR) is 121 cm³/mol. The van der Waals surface area contributed by atoms with Crippen molar-refractivity contribution in [3.8, 4) is 16.9 Å². The lowest BCUT2D eigenvalue weighted by atomic mass is 10.0. The molecule has 0 unspecified atom stereocenters. The summed E-state index contributed by atoms with van der Waals surface area (Å²) in [6, 6.07) is 4.60. The van der Waals surface area contributed by atoms with Crippen LogP contribution >= 0.6 is 0 Å². The van der Waals surface area contributed by atoms with Gasteiger partial charge in [-0.1, -0.05) is 0 Å². The quantitative estimate of drug-likeness (QED) is 0.512. The molecule has 4 rings (SSSR count). The number of nitrogens with zero attached hydrogens (tertiary/aromatic N) is 2. The third-order valence-electron chi connectivity index (χ3n) is 5.47. The minimum absolute atomic E-state index is 0.0615.